The average molecular weight is 524 g/mol. The summed E-state index contributed by atoms with van der Waals surface area (Å²) in [7, 11) is 1.79. The third-order valence-electron chi connectivity index (χ3n) is 5.88. The number of hydrogen-bond acceptors (Lipinski definition) is 4. The number of nitrogens with one attached hydrogen (secondary N) is 3. The quantitative estimate of drug-likeness (QED) is 0.259. The SMILES string of the molecule is CCC(CC)(CNC(=NC)NCC1CCN(C2CC2)C1)NC(=O)OC(C)(C)C.I. The van der Waals surface area contributed by atoms with Crippen LogP contribution in [0.25, 0.3) is 0 Å². The van der Waals surface area contributed by atoms with E-state index in [4.69, 9.17) is 4.74 Å². The van der Waals surface area contributed by atoms with Gasteiger partial charge in [0.25, 0.3) is 0 Å². The van der Waals surface area contributed by atoms with Crippen LogP contribution in [-0.2, 0) is 4.74 Å². The van der Waals surface area contributed by atoms with Gasteiger partial charge in [0.1, 0.15) is 5.60 Å². The van der Waals surface area contributed by atoms with E-state index in [0.717, 1.165) is 31.4 Å². The fraction of sp³-hybridized carbons (Fsp3) is 0.905. The Kier molecular flexibility index (Phi) is 10.5. The summed E-state index contributed by atoms with van der Waals surface area (Å²) in [6.45, 7) is 13.8. The lowest BCUT2D eigenvalue weighted by Crippen LogP contribution is -2.57. The second-order valence-corrected chi connectivity index (χ2v) is 9.30. The molecule has 2 fully saturated rings. The molecule has 0 radical (unpaired) electrons. The summed E-state index contributed by atoms with van der Waals surface area (Å²) < 4.78 is 5.45. The minimum atomic E-state index is -0.502. The Morgan fingerprint density at radius 2 is 1.79 bits per heavy atom. The molecule has 1 atom stereocenters. The highest BCUT2D eigenvalue weighted by molar-refractivity contribution is 14.0. The van der Waals surface area contributed by atoms with Gasteiger partial charge in [-0.1, -0.05) is 13.8 Å². The van der Waals surface area contributed by atoms with Crippen LogP contribution in [0.3, 0.4) is 0 Å². The minimum Gasteiger partial charge on any atom is -0.444 e. The van der Waals surface area contributed by atoms with E-state index >= 15 is 0 Å². The summed E-state index contributed by atoms with van der Waals surface area (Å²) in [5.74, 6) is 1.48. The Morgan fingerprint density at radius 3 is 2.31 bits per heavy atom. The standard InChI is InChI=1S/C21H41N5O2.HI/c1-7-21(8-2,25-19(27)28-20(3,4)5)15-24-18(22-6)23-13-16-11-12-26(14-16)17-9-10-17;/h16-17H,7-15H2,1-6H3,(H,25,27)(H2,22,23,24);1H. The monoisotopic (exact) mass is 523 g/mol. The van der Waals surface area contributed by atoms with Crippen LogP contribution in [0, 0.1) is 5.92 Å². The predicted molar refractivity (Wildman–Crippen MR) is 130 cm³/mol. The molecule has 1 amide bonds. The number of amides is 1. The maximum Gasteiger partial charge on any atom is 0.408 e. The molecule has 1 saturated heterocycles. The number of alkyl carbamates (subject to hydrolysis) is 1. The van der Waals surface area contributed by atoms with Crippen molar-refractivity contribution in [3.63, 3.8) is 0 Å². The number of nitrogens with zero attached hydrogens (tertiary/aromatic N) is 2. The predicted octanol–water partition coefficient (Wildman–Crippen LogP) is 3.34. The summed E-state index contributed by atoms with van der Waals surface area (Å²) in [6, 6.07) is 0.857. The molecule has 0 spiro atoms. The molecule has 1 unspecified atom stereocenters. The molecular formula is C21H42IN5O2. The smallest absolute Gasteiger partial charge is 0.408 e. The first-order chi connectivity index (χ1) is 13.2. The van der Waals surface area contributed by atoms with E-state index < -0.39 is 5.60 Å². The molecule has 2 aliphatic rings. The van der Waals surface area contributed by atoms with Crippen LogP contribution in [-0.4, -0.2) is 67.4 Å². The van der Waals surface area contributed by atoms with Crippen molar-refractivity contribution in [3.05, 3.63) is 0 Å². The van der Waals surface area contributed by atoms with Gasteiger partial charge in [-0.3, -0.25) is 4.99 Å². The van der Waals surface area contributed by atoms with E-state index in [9.17, 15) is 4.79 Å². The van der Waals surface area contributed by atoms with E-state index in [1.165, 1.54) is 32.4 Å². The maximum atomic E-state index is 12.3. The molecule has 8 heteroatoms. The lowest BCUT2D eigenvalue weighted by Gasteiger charge is -2.34. The first-order valence-electron chi connectivity index (χ1n) is 10.9. The van der Waals surface area contributed by atoms with Crippen molar-refractivity contribution >= 4 is 36.0 Å². The summed E-state index contributed by atoms with van der Waals surface area (Å²) in [5.41, 5.74) is -0.867. The van der Waals surface area contributed by atoms with Crippen LogP contribution < -0.4 is 16.0 Å². The zero-order valence-electron chi connectivity index (χ0n) is 19.1. The molecule has 2 rings (SSSR count). The van der Waals surface area contributed by atoms with Crippen molar-refractivity contribution < 1.29 is 9.53 Å². The lowest BCUT2D eigenvalue weighted by atomic mass is 9.93. The molecule has 7 nitrogen and oxygen atoms in total. The van der Waals surface area contributed by atoms with E-state index in [1.54, 1.807) is 7.05 Å². The zero-order chi connectivity index (χ0) is 20.8. The van der Waals surface area contributed by atoms with Crippen molar-refractivity contribution in [1.82, 2.24) is 20.9 Å². The number of hydrogen-bond donors (Lipinski definition) is 3. The highest BCUT2D eigenvalue weighted by Gasteiger charge is 2.34. The number of rotatable bonds is 8. The lowest BCUT2D eigenvalue weighted by molar-refractivity contribution is 0.0448. The summed E-state index contributed by atoms with van der Waals surface area (Å²) >= 11 is 0. The largest absolute Gasteiger partial charge is 0.444 e. The molecule has 29 heavy (non-hydrogen) atoms. The third kappa shape index (κ3) is 8.86. The molecular weight excluding hydrogens is 481 g/mol. The molecule has 0 bridgehead atoms. The molecule has 0 aromatic rings. The van der Waals surface area contributed by atoms with Gasteiger partial charge in [0, 0.05) is 32.7 Å². The van der Waals surface area contributed by atoms with Gasteiger partial charge in [-0.15, -0.1) is 24.0 Å². The number of guanidine groups is 1. The van der Waals surface area contributed by atoms with Gasteiger partial charge in [-0.05, 0) is 65.3 Å². The van der Waals surface area contributed by atoms with Gasteiger partial charge in [0.05, 0.1) is 5.54 Å². The number of carbonyl (C=O) groups excluding carboxylic acids is 1. The average Bonchev–Trinajstić information content (AvgIpc) is 3.38. The third-order valence-corrected chi connectivity index (χ3v) is 5.88. The fourth-order valence-corrected chi connectivity index (χ4v) is 3.76. The Hall–Kier alpha value is -0.770. The number of likely N-dealkylation sites (tertiary alicyclic amines) is 1. The Labute approximate surface area is 194 Å². The van der Waals surface area contributed by atoms with Crippen LogP contribution in [0.1, 0.15) is 66.7 Å². The molecule has 1 aliphatic carbocycles. The summed E-state index contributed by atoms with van der Waals surface area (Å²) in [4.78, 5) is 19.3. The van der Waals surface area contributed by atoms with Crippen molar-refractivity contribution in [2.45, 2.75) is 83.9 Å². The number of aliphatic imine (C=N–C) groups is 1. The van der Waals surface area contributed by atoms with Crippen LogP contribution >= 0.6 is 24.0 Å². The van der Waals surface area contributed by atoms with Crippen molar-refractivity contribution in [3.8, 4) is 0 Å². The van der Waals surface area contributed by atoms with Gasteiger partial charge in [-0.2, -0.15) is 0 Å². The van der Waals surface area contributed by atoms with Crippen molar-refractivity contribution in [2.24, 2.45) is 10.9 Å². The van der Waals surface area contributed by atoms with Crippen molar-refractivity contribution in [1.29, 1.82) is 0 Å². The highest BCUT2D eigenvalue weighted by Crippen LogP contribution is 2.31. The fourth-order valence-electron chi connectivity index (χ4n) is 3.76. The normalized spacial score (nSPS) is 20.8. The highest BCUT2D eigenvalue weighted by atomic mass is 127. The van der Waals surface area contributed by atoms with Gasteiger partial charge < -0.3 is 25.6 Å². The summed E-state index contributed by atoms with van der Waals surface area (Å²) in [6.07, 6.45) is 5.27. The van der Waals surface area contributed by atoms with Gasteiger partial charge >= 0.3 is 6.09 Å². The maximum absolute atomic E-state index is 12.3. The van der Waals surface area contributed by atoms with Crippen LogP contribution in [0.5, 0.6) is 0 Å². The first-order valence-corrected chi connectivity index (χ1v) is 10.9. The van der Waals surface area contributed by atoms with Crippen LogP contribution in [0.2, 0.25) is 0 Å². The second kappa shape index (κ2) is 11.6. The molecule has 170 valence electrons. The topological polar surface area (TPSA) is 78.0 Å². The minimum absolute atomic E-state index is 0. The van der Waals surface area contributed by atoms with Gasteiger partial charge in [0.2, 0.25) is 0 Å². The van der Waals surface area contributed by atoms with E-state index in [1.807, 2.05) is 20.8 Å². The zero-order valence-corrected chi connectivity index (χ0v) is 21.5. The number of ether oxygens (including phenoxy) is 1. The van der Waals surface area contributed by atoms with E-state index in [-0.39, 0.29) is 35.6 Å². The number of halogens is 1. The molecule has 1 aliphatic heterocycles. The molecule has 1 saturated carbocycles. The Morgan fingerprint density at radius 1 is 1.14 bits per heavy atom. The molecule has 0 aromatic carbocycles. The summed E-state index contributed by atoms with van der Waals surface area (Å²) in [5, 5.41) is 9.95. The second-order valence-electron chi connectivity index (χ2n) is 9.30. The molecule has 3 N–H and O–H groups in total. The molecule has 1 heterocycles. The van der Waals surface area contributed by atoms with Gasteiger partial charge in [0.15, 0.2) is 5.96 Å². The van der Waals surface area contributed by atoms with Crippen LogP contribution in [0.15, 0.2) is 4.99 Å². The van der Waals surface area contributed by atoms with E-state index in [0.29, 0.717) is 12.5 Å². The first kappa shape index (κ1) is 26.3. The van der Waals surface area contributed by atoms with Crippen LogP contribution in [0.4, 0.5) is 4.79 Å². The number of carbonyl (C=O) groups is 1. The Bertz CT molecular complexity index is 542. The van der Waals surface area contributed by atoms with Crippen molar-refractivity contribution in [2.75, 3.05) is 33.2 Å². The van der Waals surface area contributed by atoms with E-state index in [2.05, 4.69) is 39.7 Å². The molecule has 0 aromatic heterocycles. The Balaban J connectivity index is 0.00000420. The van der Waals surface area contributed by atoms with Gasteiger partial charge in [-0.25, -0.2) is 4.79 Å².